The van der Waals surface area contributed by atoms with Crippen LogP contribution in [0.2, 0.25) is 0 Å². The van der Waals surface area contributed by atoms with E-state index in [1.807, 2.05) is 31.2 Å². The molecule has 0 bridgehead atoms. The molecule has 0 saturated carbocycles. The first-order valence-corrected chi connectivity index (χ1v) is 11.3. The summed E-state index contributed by atoms with van der Waals surface area (Å²) in [4.78, 5) is 5.02. The normalized spacial score (nSPS) is 13.5. The zero-order valence-corrected chi connectivity index (χ0v) is 20.8. The van der Waals surface area contributed by atoms with E-state index in [9.17, 15) is 0 Å². The van der Waals surface area contributed by atoms with Crippen LogP contribution < -0.4 is 14.4 Å². The molecular weight excluding hydrogens is 455 g/mol. The van der Waals surface area contributed by atoms with E-state index in [-0.39, 0.29) is 24.8 Å². The molecule has 1 aliphatic rings. The monoisotopic (exact) mass is 488 g/mol. The van der Waals surface area contributed by atoms with Crippen LogP contribution in [-0.2, 0) is 13.0 Å². The summed E-state index contributed by atoms with van der Waals surface area (Å²) in [6.45, 7) is 8.75. The first-order valence-electron chi connectivity index (χ1n) is 11.3. The largest absolute Gasteiger partial charge is 0.494 e. The number of ether oxygens (including phenoxy) is 2. The molecule has 0 radical (unpaired) electrons. The second kappa shape index (κ2) is 14.0. The average Bonchev–Trinajstić information content (AvgIpc) is 2.83. The minimum absolute atomic E-state index is 0. The molecule has 4 nitrogen and oxygen atoms in total. The minimum atomic E-state index is 0. The van der Waals surface area contributed by atoms with E-state index < -0.39 is 0 Å². The molecule has 0 aliphatic carbocycles. The molecular formula is C27H34Cl2N2O2. The van der Waals surface area contributed by atoms with Crippen LogP contribution in [-0.4, -0.2) is 44.3 Å². The Hall–Kier alpha value is -2.40. The Balaban J connectivity index is 0.00000193. The first-order chi connectivity index (χ1) is 15.3. The number of benzene rings is 3. The third kappa shape index (κ3) is 8.15. The number of halogens is 2. The fourth-order valence-corrected chi connectivity index (χ4v) is 3.96. The fraction of sp³-hybridized carbons (Fsp3) is 0.333. The average molecular weight is 489 g/mol. The summed E-state index contributed by atoms with van der Waals surface area (Å²) in [7, 11) is 0. The summed E-state index contributed by atoms with van der Waals surface area (Å²) < 4.78 is 11.3. The number of nitrogens with zero attached hydrogens (tertiary/aromatic N) is 2. The van der Waals surface area contributed by atoms with Gasteiger partial charge in [0.05, 0.1) is 13.2 Å². The third-order valence-corrected chi connectivity index (χ3v) is 5.72. The van der Waals surface area contributed by atoms with Gasteiger partial charge in [0, 0.05) is 44.8 Å². The minimum Gasteiger partial charge on any atom is -0.494 e. The van der Waals surface area contributed by atoms with Crippen molar-refractivity contribution in [3.63, 3.8) is 0 Å². The summed E-state index contributed by atoms with van der Waals surface area (Å²) in [5.74, 6) is 1.77. The van der Waals surface area contributed by atoms with E-state index in [0.29, 0.717) is 13.2 Å². The highest BCUT2D eigenvalue weighted by Gasteiger charge is 2.17. The molecule has 0 N–H and O–H groups in total. The van der Waals surface area contributed by atoms with Gasteiger partial charge in [-0.3, -0.25) is 4.90 Å². The van der Waals surface area contributed by atoms with Crippen molar-refractivity contribution in [2.45, 2.75) is 19.9 Å². The Morgan fingerprint density at radius 3 is 1.85 bits per heavy atom. The van der Waals surface area contributed by atoms with Gasteiger partial charge in [-0.05, 0) is 54.4 Å². The molecule has 0 spiro atoms. The van der Waals surface area contributed by atoms with Crippen LogP contribution in [0.3, 0.4) is 0 Å². The molecule has 1 fully saturated rings. The molecule has 0 aromatic heterocycles. The second-order valence-corrected chi connectivity index (χ2v) is 7.92. The molecule has 0 atom stereocenters. The van der Waals surface area contributed by atoms with Gasteiger partial charge in [0.25, 0.3) is 0 Å². The fourth-order valence-electron chi connectivity index (χ4n) is 3.96. The van der Waals surface area contributed by atoms with Crippen molar-refractivity contribution in [1.82, 2.24) is 4.90 Å². The lowest BCUT2D eigenvalue weighted by Crippen LogP contribution is -2.45. The van der Waals surface area contributed by atoms with Crippen LogP contribution >= 0.6 is 24.8 Å². The Labute approximate surface area is 210 Å². The van der Waals surface area contributed by atoms with Crippen molar-refractivity contribution in [2.75, 3.05) is 44.3 Å². The lowest BCUT2D eigenvalue weighted by molar-refractivity contribution is 0.250. The first kappa shape index (κ1) is 26.8. The highest BCUT2D eigenvalue weighted by Crippen LogP contribution is 2.19. The smallest absolute Gasteiger partial charge is 0.119 e. The lowest BCUT2D eigenvalue weighted by Gasteiger charge is -2.36. The Bertz CT molecular complexity index is 913. The summed E-state index contributed by atoms with van der Waals surface area (Å²) in [5.41, 5.74) is 4.02. The van der Waals surface area contributed by atoms with Gasteiger partial charge in [-0.25, -0.2) is 0 Å². The van der Waals surface area contributed by atoms with E-state index in [4.69, 9.17) is 9.47 Å². The molecule has 3 aromatic carbocycles. The van der Waals surface area contributed by atoms with Crippen molar-refractivity contribution in [2.24, 2.45) is 0 Å². The SMILES string of the molecule is CCOc1ccc(OCCc2ccc(CN3CCN(c4ccccc4)CC3)cc2)cc1.Cl.Cl. The highest BCUT2D eigenvalue weighted by atomic mass is 35.5. The molecule has 0 amide bonds. The number of anilines is 1. The van der Waals surface area contributed by atoms with Gasteiger partial charge >= 0.3 is 0 Å². The van der Waals surface area contributed by atoms with Crippen molar-refractivity contribution >= 4 is 30.5 Å². The quantitative estimate of drug-likeness (QED) is 0.375. The lowest BCUT2D eigenvalue weighted by atomic mass is 10.1. The van der Waals surface area contributed by atoms with Gasteiger partial charge in [0.15, 0.2) is 0 Å². The molecule has 3 aromatic rings. The molecule has 178 valence electrons. The van der Waals surface area contributed by atoms with Crippen molar-refractivity contribution in [3.05, 3.63) is 90.0 Å². The highest BCUT2D eigenvalue weighted by molar-refractivity contribution is 5.85. The van der Waals surface area contributed by atoms with E-state index in [2.05, 4.69) is 64.4 Å². The van der Waals surface area contributed by atoms with Gasteiger partial charge in [-0.15, -0.1) is 24.8 Å². The van der Waals surface area contributed by atoms with Gasteiger partial charge in [-0.2, -0.15) is 0 Å². The number of hydrogen-bond acceptors (Lipinski definition) is 4. The summed E-state index contributed by atoms with van der Waals surface area (Å²) in [6.07, 6.45) is 0.906. The van der Waals surface area contributed by atoms with Crippen molar-refractivity contribution in [3.8, 4) is 11.5 Å². The van der Waals surface area contributed by atoms with E-state index >= 15 is 0 Å². The zero-order valence-electron chi connectivity index (χ0n) is 19.2. The van der Waals surface area contributed by atoms with Gasteiger partial charge in [-0.1, -0.05) is 42.5 Å². The topological polar surface area (TPSA) is 24.9 Å². The number of rotatable bonds is 9. The van der Waals surface area contributed by atoms with Crippen LogP contribution in [0.4, 0.5) is 5.69 Å². The van der Waals surface area contributed by atoms with E-state index in [0.717, 1.165) is 50.6 Å². The maximum atomic E-state index is 5.87. The maximum absolute atomic E-state index is 5.87. The van der Waals surface area contributed by atoms with Gasteiger partial charge < -0.3 is 14.4 Å². The molecule has 6 heteroatoms. The van der Waals surface area contributed by atoms with Gasteiger partial charge in [0.2, 0.25) is 0 Å². The summed E-state index contributed by atoms with van der Waals surface area (Å²) in [6, 6.07) is 27.5. The van der Waals surface area contributed by atoms with Crippen LogP contribution in [0.5, 0.6) is 11.5 Å². The maximum Gasteiger partial charge on any atom is 0.119 e. The van der Waals surface area contributed by atoms with Crippen LogP contribution in [0.15, 0.2) is 78.9 Å². The van der Waals surface area contributed by atoms with Crippen LogP contribution in [0, 0.1) is 0 Å². The molecule has 1 aliphatic heterocycles. The Kier molecular flexibility index (Phi) is 11.4. The van der Waals surface area contributed by atoms with Crippen molar-refractivity contribution in [1.29, 1.82) is 0 Å². The van der Waals surface area contributed by atoms with Crippen LogP contribution in [0.1, 0.15) is 18.1 Å². The number of piperazine rings is 1. The third-order valence-electron chi connectivity index (χ3n) is 5.72. The molecule has 1 heterocycles. The van der Waals surface area contributed by atoms with Crippen LogP contribution in [0.25, 0.3) is 0 Å². The van der Waals surface area contributed by atoms with E-state index in [1.165, 1.54) is 16.8 Å². The molecule has 33 heavy (non-hydrogen) atoms. The van der Waals surface area contributed by atoms with E-state index in [1.54, 1.807) is 0 Å². The predicted octanol–water partition coefficient (Wildman–Crippen LogP) is 5.87. The molecule has 0 unspecified atom stereocenters. The number of hydrogen-bond donors (Lipinski definition) is 0. The van der Waals surface area contributed by atoms with Gasteiger partial charge in [0.1, 0.15) is 11.5 Å². The Morgan fingerprint density at radius 2 is 1.24 bits per heavy atom. The predicted molar refractivity (Wildman–Crippen MR) is 142 cm³/mol. The molecule has 1 saturated heterocycles. The standard InChI is InChI=1S/C27H32N2O2.2ClH/c1-2-30-26-12-14-27(15-13-26)31-21-16-23-8-10-24(11-9-23)22-28-17-19-29(20-18-28)25-6-4-3-5-7-25;;/h3-15H,2,16-22H2,1H3;2*1H. The Morgan fingerprint density at radius 1 is 0.667 bits per heavy atom. The zero-order chi connectivity index (χ0) is 21.3. The molecule has 4 rings (SSSR count). The summed E-state index contributed by atoms with van der Waals surface area (Å²) >= 11 is 0. The van der Waals surface area contributed by atoms with Crippen molar-refractivity contribution < 1.29 is 9.47 Å². The summed E-state index contributed by atoms with van der Waals surface area (Å²) in [5, 5.41) is 0. The second-order valence-electron chi connectivity index (χ2n) is 7.92. The number of para-hydroxylation sites is 1.